The lowest BCUT2D eigenvalue weighted by Gasteiger charge is -2.25. The number of aromatic nitrogens is 1. The molecule has 0 spiro atoms. The molecule has 1 fully saturated rings. The Morgan fingerprint density at radius 2 is 2.12 bits per heavy atom. The largest absolute Gasteiger partial charge is 0.323 e. The minimum absolute atomic E-state index is 0.0345. The molecule has 4 rings (SSSR count). The highest BCUT2D eigenvalue weighted by Crippen LogP contribution is 2.26. The molecule has 1 aromatic heterocycles. The molecule has 5 heteroatoms. The number of likely N-dealkylation sites (tertiary alicyclic amines) is 1. The molecule has 2 heterocycles. The van der Waals surface area contributed by atoms with Crippen LogP contribution in [0.2, 0.25) is 0 Å². The molecule has 3 aromatic rings. The van der Waals surface area contributed by atoms with Crippen LogP contribution in [-0.2, 0) is 6.42 Å². The summed E-state index contributed by atoms with van der Waals surface area (Å²) in [6.07, 6.45) is 4.71. The summed E-state index contributed by atoms with van der Waals surface area (Å²) in [5, 5.41) is 7.98. The number of nitrogens with one attached hydrogen (secondary N) is 1. The van der Waals surface area contributed by atoms with Crippen molar-refractivity contribution in [3.63, 3.8) is 0 Å². The van der Waals surface area contributed by atoms with E-state index in [9.17, 15) is 4.79 Å². The van der Waals surface area contributed by atoms with E-state index in [4.69, 9.17) is 0 Å². The first-order valence-electron chi connectivity index (χ1n) is 8.25. The van der Waals surface area contributed by atoms with E-state index in [0.717, 1.165) is 25.8 Å². The van der Waals surface area contributed by atoms with E-state index < -0.39 is 0 Å². The van der Waals surface area contributed by atoms with Gasteiger partial charge in [0.2, 0.25) is 0 Å². The van der Waals surface area contributed by atoms with Gasteiger partial charge in [-0.15, -0.1) is 11.3 Å². The second kappa shape index (κ2) is 6.61. The summed E-state index contributed by atoms with van der Waals surface area (Å²) in [5.74, 6) is 0. The average molecular weight is 337 g/mol. The van der Waals surface area contributed by atoms with Crippen LogP contribution in [-0.4, -0.2) is 28.5 Å². The van der Waals surface area contributed by atoms with Crippen molar-refractivity contribution in [3.05, 3.63) is 59.6 Å². The number of hydrogen-bond donors (Lipinski definition) is 1. The van der Waals surface area contributed by atoms with Crippen molar-refractivity contribution >= 4 is 33.3 Å². The molecule has 0 aliphatic carbocycles. The molecule has 1 N–H and O–H groups in total. The Kier molecular flexibility index (Phi) is 4.17. The van der Waals surface area contributed by atoms with Crippen LogP contribution in [0.5, 0.6) is 0 Å². The minimum Gasteiger partial charge on any atom is -0.321 e. The van der Waals surface area contributed by atoms with Crippen molar-refractivity contribution in [2.75, 3.05) is 11.9 Å². The van der Waals surface area contributed by atoms with E-state index in [-0.39, 0.29) is 12.1 Å². The van der Waals surface area contributed by atoms with Gasteiger partial charge < -0.3 is 4.90 Å². The summed E-state index contributed by atoms with van der Waals surface area (Å²) < 4.78 is 0. The molecule has 122 valence electrons. The topological polar surface area (TPSA) is 45.2 Å². The lowest BCUT2D eigenvalue weighted by Crippen LogP contribution is -2.39. The van der Waals surface area contributed by atoms with E-state index in [1.54, 1.807) is 6.20 Å². The highest BCUT2D eigenvalue weighted by atomic mass is 32.1. The number of rotatable bonds is 3. The van der Waals surface area contributed by atoms with Crippen molar-refractivity contribution in [1.29, 1.82) is 0 Å². The van der Waals surface area contributed by atoms with Gasteiger partial charge in [0.25, 0.3) is 0 Å². The molecule has 2 aromatic carbocycles. The van der Waals surface area contributed by atoms with Gasteiger partial charge in [-0.05, 0) is 35.6 Å². The number of fused-ring (bicyclic) bond motifs is 1. The number of anilines is 1. The molecule has 1 aliphatic rings. The normalized spacial score (nSPS) is 17.3. The van der Waals surface area contributed by atoms with E-state index in [2.05, 4.69) is 52.8 Å². The first-order chi connectivity index (χ1) is 11.8. The van der Waals surface area contributed by atoms with Gasteiger partial charge in [0, 0.05) is 24.2 Å². The van der Waals surface area contributed by atoms with Crippen LogP contribution in [0.15, 0.2) is 54.0 Å². The summed E-state index contributed by atoms with van der Waals surface area (Å²) in [6, 6.07) is 15.1. The van der Waals surface area contributed by atoms with E-state index in [0.29, 0.717) is 5.13 Å². The third-order valence-corrected chi connectivity index (χ3v) is 5.31. The number of hydrogen-bond acceptors (Lipinski definition) is 3. The van der Waals surface area contributed by atoms with Gasteiger partial charge in [-0.2, -0.15) is 0 Å². The Hall–Kier alpha value is -2.40. The number of urea groups is 1. The Bertz CT molecular complexity index is 841. The number of carbonyl (C=O) groups is 1. The van der Waals surface area contributed by atoms with Gasteiger partial charge in [-0.1, -0.05) is 42.5 Å². The van der Waals surface area contributed by atoms with Crippen LogP contribution in [0.3, 0.4) is 0 Å². The highest BCUT2D eigenvalue weighted by Gasteiger charge is 2.29. The van der Waals surface area contributed by atoms with E-state index >= 15 is 0 Å². The quantitative estimate of drug-likeness (QED) is 0.763. The van der Waals surface area contributed by atoms with Crippen molar-refractivity contribution in [1.82, 2.24) is 9.88 Å². The molecule has 24 heavy (non-hydrogen) atoms. The number of carbonyl (C=O) groups excluding carboxylic acids is 1. The molecule has 4 nitrogen and oxygen atoms in total. The summed E-state index contributed by atoms with van der Waals surface area (Å²) in [4.78, 5) is 18.7. The minimum atomic E-state index is -0.0345. The van der Waals surface area contributed by atoms with Crippen LogP contribution >= 0.6 is 11.3 Å². The molecular weight excluding hydrogens is 318 g/mol. The number of thiazole rings is 1. The monoisotopic (exact) mass is 337 g/mol. The third-order valence-electron chi connectivity index (χ3n) is 4.62. The SMILES string of the molecule is O=C(Nc1nccs1)N1CCC[C@H]1Cc1cccc2ccccc12. The Morgan fingerprint density at radius 3 is 3.00 bits per heavy atom. The van der Waals surface area contributed by atoms with Gasteiger partial charge in [0.05, 0.1) is 0 Å². The van der Waals surface area contributed by atoms with Gasteiger partial charge in [-0.3, -0.25) is 5.32 Å². The Labute approximate surface area is 145 Å². The first kappa shape index (κ1) is 15.1. The maximum absolute atomic E-state index is 12.6. The molecule has 0 unspecified atom stereocenters. The summed E-state index contributed by atoms with van der Waals surface area (Å²) >= 11 is 1.45. The van der Waals surface area contributed by atoms with Gasteiger partial charge >= 0.3 is 6.03 Å². The maximum Gasteiger partial charge on any atom is 0.323 e. The standard InChI is InChI=1S/C19H19N3OS/c23-19(21-18-20-10-12-24-18)22-11-4-8-16(22)13-15-7-3-6-14-5-1-2-9-17(14)15/h1-3,5-7,9-10,12,16H,4,8,11,13H2,(H,20,21,23)/t16-/m0/s1. The summed E-state index contributed by atoms with van der Waals surface area (Å²) in [6.45, 7) is 0.812. The molecule has 2 amide bonds. The van der Waals surface area contributed by atoms with E-state index in [1.165, 1.54) is 27.7 Å². The zero-order valence-corrected chi connectivity index (χ0v) is 14.1. The van der Waals surface area contributed by atoms with Crippen LogP contribution < -0.4 is 5.32 Å². The van der Waals surface area contributed by atoms with Crippen LogP contribution in [0.4, 0.5) is 9.93 Å². The Morgan fingerprint density at radius 1 is 1.25 bits per heavy atom. The summed E-state index contributed by atoms with van der Waals surface area (Å²) in [5.41, 5.74) is 1.31. The zero-order valence-electron chi connectivity index (χ0n) is 13.3. The molecular formula is C19H19N3OS. The first-order valence-corrected chi connectivity index (χ1v) is 9.13. The fourth-order valence-corrected chi connectivity index (χ4v) is 4.01. The fourth-order valence-electron chi connectivity index (χ4n) is 3.49. The van der Waals surface area contributed by atoms with Gasteiger partial charge in [-0.25, -0.2) is 9.78 Å². The van der Waals surface area contributed by atoms with Crippen molar-refractivity contribution in [2.45, 2.75) is 25.3 Å². The molecule has 0 radical (unpaired) electrons. The predicted octanol–water partition coefficient (Wildman–Crippen LogP) is 4.54. The Balaban J connectivity index is 1.53. The molecule has 1 aliphatic heterocycles. The van der Waals surface area contributed by atoms with Crippen LogP contribution in [0.25, 0.3) is 10.8 Å². The van der Waals surface area contributed by atoms with E-state index in [1.807, 2.05) is 10.3 Å². The third kappa shape index (κ3) is 2.99. The smallest absolute Gasteiger partial charge is 0.321 e. The molecule has 0 saturated carbocycles. The second-order valence-corrected chi connectivity index (χ2v) is 6.99. The van der Waals surface area contributed by atoms with Crippen molar-refractivity contribution < 1.29 is 4.79 Å². The number of benzene rings is 2. The van der Waals surface area contributed by atoms with Gasteiger partial charge in [0.1, 0.15) is 0 Å². The highest BCUT2D eigenvalue weighted by molar-refractivity contribution is 7.13. The number of nitrogens with zero attached hydrogens (tertiary/aromatic N) is 2. The van der Waals surface area contributed by atoms with Crippen molar-refractivity contribution in [2.24, 2.45) is 0 Å². The zero-order chi connectivity index (χ0) is 16.4. The molecule has 0 bridgehead atoms. The van der Waals surface area contributed by atoms with Crippen molar-refractivity contribution in [3.8, 4) is 0 Å². The van der Waals surface area contributed by atoms with Crippen LogP contribution in [0, 0.1) is 0 Å². The maximum atomic E-state index is 12.6. The number of amides is 2. The van der Waals surface area contributed by atoms with Gasteiger partial charge in [0.15, 0.2) is 5.13 Å². The second-order valence-electron chi connectivity index (χ2n) is 6.10. The van der Waals surface area contributed by atoms with Crippen LogP contribution in [0.1, 0.15) is 18.4 Å². The molecule has 1 atom stereocenters. The molecule has 1 saturated heterocycles. The lowest BCUT2D eigenvalue weighted by atomic mass is 9.98. The lowest BCUT2D eigenvalue weighted by molar-refractivity contribution is 0.206. The predicted molar refractivity (Wildman–Crippen MR) is 98.5 cm³/mol. The summed E-state index contributed by atoms with van der Waals surface area (Å²) in [7, 11) is 0. The average Bonchev–Trinajstić information content (AvgIpc) is 3.27. The fraction of sp³-hybridized carbons (Fsp3) is 0.263.